The fourth-order valence-electron chi connectivity index (χ4n) is 3.18. The molecule has 1 aromatic rings. The molecule has 0 spiro atoms. The maximum Gasteiger partial charge on any atom is 0.0499 e. The summed E-state index contributed by atoms with van der Waals surface area (Å²) >= 11 is 6.06. The third-order valence-electron chi connectivity index (χ3n) is 4.58. The zero-order valence-corrected chi connectivity index (χ0v) is 12.7. The Morgan fingerprint density at radius 1 is 1.37 bits per heavy atom. The number of aliphatic hydroxyl groups is 1. The summed E-state index contributed by atoms with van der Waals surface area (Å²) < 4.78 is 0. The molecule has 0 radical (unpaired) electrons. The zero-order valence-electron chi connectivity index (χ0n) is 11.9. The summed E-state index contributed by atoms with van der Waals surface area (Å²) in [6.45, 7) is 3.46. The molecule has 1 unspecified atom stereocenters. The van der Waals surface area contributed by atoms with Gasteiger partial charge in [0.2, 0.25) is 0 Å². The van der Waals surface area contributed by atoms with Crippen LogP contribution in [0.1, 0.15) is 44.2 Å². The first-order valence-corrected chi connectivity index (χ1v) is 7.51. The number of rotatable bonds is 5. The second-order valence-electron chi connectivity index (χ2n) is 6.01. The van der Waals surface area contributed by atoms with Gasteiger partial charge in [0.25, 0.3) is 0 Å². The van der Waals surface area contributed by atoms with Crippen molar-refractivity contribution in [1.82, 2.24) is 4.90 Å². The van der Waals surface area contributed by atoms with Crippen LogP contribution in [-0.2, 0) is 0 Å². The number of hydrogen-bond acceptors (Lipinski definition) is 2. The molecule has 3 heteroatoms. The Bertz CT molecular complexity index is 415. The molecular formula is C16H24ClNO. The van der Waals surface area contributed by atoms with Gasteiger partial charge < -0.3 is 5.11 Å². The van der Waals surface area contributed by atoms with Gasteiger partial charge in [0, 0.05) is 29.6 Å². The topological polar surface area (TPSA) is 23.5 Å². The molecule has 19 heavy (non-hydrogen) atoms. The molecular weight excluding hydrogens is 258 g/mol. The van der Waals surface area contributed by atoms with Crippen LogP contribution in [0, 0.1) is 5.41 Å². The van der Waals surface area contributed by atoms with Crippen LogP contribution in [-0.4, -0.2) is 30.2 Å². The SMILES string of the molecule is CC(c1cccc(Cl)c1)N(C)CC1(CO)CCCC1. The summed E-state index contributed by atoms with van der Waals surface area (Å²) in [6.07, 6.45) is 4.80. The molecule has 2 nitrogen and oxygen atoms in total. The Hall–Kier alpha value is -0.570. The van der Waals surface area contributed by atoms with Gasteiger partial charge in [0.05, 0.1) is 0 Å². The Morgan fingerprint density at radius 2 is 2.05 bits per heavy atom. The van der Waals surface area contributed by atoms with E-state index in [4.69, 9.17) is 11.6 Å². The summed E-state index contributed by atoms with van der Waals surface area (Å²) in [5.74, 6) is 0. The van der Waals surface area contributed by atoms with Crippen molar-refractivity contribution in [2.75, 3.05) is 20.2 Å². The molecule has 1 aromatic carbocycles. The van der Waals surface area contributed by atoms with Crippen LogP contribution in [0.15, 0.2) is 24.3 Å². The average Bonchev–Trinajstić information content (AvgIpc) is 2.87. The second-order valence-corrected chi connectivity index (χ2v) is 6.45. The third-order valence-corrected chi connectivity index (χ3v) is 4.81. The Kier molecular flexibility index (Phi) is 4.88. The first-order valence-electron chi connectivity index (χ1n) is 7.13. The van der Waals surface area contributed by atoms with E-state index in [0.29, 0.717) is 12.6 Å². The van der Waals surface area contributed by atoms with Crippen LogP contribution in [0.3, 0.4) is 0 Å². The van der Waals surface area contributed by atoms with E-state index < -0.39 is 0 Å². The number of nitrogens with zero attached hydrogens (tertiary/aromatic N) is 1. The number of aliphatic hydroxyl groups excluding tert-OH is 1. The predicted octanol–water partition coefficient (Wildman–Crippen LogP) is 3.89. The largest absolute Gasteiger partial charge is 0.396 e. The smallest absolute Gasteiger partial charge is 0.0499 e. The van der Waals surface area contributed by atoms with Crippen molar-refractivity contribution in [1.29, 1.82) is 0 Å². The molecule has 1 fully saturated rings. The van der Waals surface area contributed by atoms with Crippen molar-refractivity contribution in [2.24, 2.45) is 5.41 Å². The highest BCUT2D eigenvalue weighted by molar-refractivity contribution is 6.30. The average molecular weight is 282 g/mol. The van der Waals surface area contributed by atoms with Gasteiger partial charge in [-0.15, -0.1) is 0 Å². The lowest BCUT2D eigenvalue weighted by molar-refractivity contribution is 0.0746. The molecule has 1 aliphatic carbocycles. The minimum absolute atomic E-state index is 0.113. The number of halogens is 1. The van der Waals surface area contributed by atoms with E-state index in [1.54, 1.807) is 0 Å². The van der Waals surface area contributed by atoms with Crippen LogP contribution < -0.4 is 0 Å². The van der Waals surface area contributed by atoms with Crippen LogP contribution >= 0.6 is 11.6 Å². The zero-order chi connectivity index (χ0) is 13.9. The Morgan fingerprint density at radius 3 is 2.63 bits per heavy atom. The molecule has 0 aliphatic heterocycles. The van der Waals surface area contributed by atoms with Gasteiger partial charge in [-0.05, 0) is 44.5 Å². The van der Waals surface area contributed by atoms with E-state index in [-0.39, 0.29) is 5.41 Å². The van der Waals surface area contributed by atoms with Gasteiger partial charge in [-0.2, -0.15) is 0 Å². The predicted molar refractivity (Wildman–Crippen MR) is 80.5 cm³/mol. The van der Waals surface area contributed by atoms with Crippen molar-refractivity contribution in [3.63, 3.8) is 0 Å². The highest BCUT2D eigenvalue weighted by Gasteiger charge is 2.35. The minimum Gasteiger partial charge on any atom is -0.396 e. The van der Waals surface area contributed by atoms with Crippen molar-refractivity contribution >= 4 is 11.6 Å². The van der Waals surface area contributed by atoms with Gasteiger partial charge in [-0.3, -0.25) is 4.90 Å². The second kappa shape index (κ2) is 6.25. The van der Waals surface area contributed by atoms with Crippen LogP contribution in [0.4, 0.5) is 0 Å². The van der Waals surface area contributed by atoms with Crippen molar-refractivity contribution in [3.05, 3.63) is 34.9 Å². The molecule has 106 valence electrons. The standard InChI is InChI=1S/C16H24ClNO/c1-13(14-6-5-7-15(17)10-14)18(2)11-16(12-19)8-3-4-9-16/h5-7,10,13,19H,3-4,8-9,11-12H2,1-2H3. The lowest BCUT2D eigenvalue weighted by Crippen LogP contribution is -2.37. The highest BCUT2D eigenvalue weighted by atomic mass is 35.5. The van der Waals surface area contributed by atoms with E-state index in [1.165, 1.54) is 18.4 Å². The van der Waals surface area contributed by atoms with E-state index in [9.17, 15) is 5.11 Å². The summed E-state index contributed by atoms with van der Waals surface area (Å²) in [4.78, 5) is 2.34. The summed E-state index contributed by atoms with van der Waals surface area (Å²) in [5.41, 5.74) is 1.35. The summed E-state index contributed by atoms with van der Waals surface area (Å²) in [6, 6.07) is 8.38. The lowest BCUT2D eigenvalue weighted by Gasteiger charge is -2.35. The van der Waals surface area contributed by atoms with Gasteiger partial charge >= 0.3 is 0 Å². The first-order chi connectivity index (χ1) is 9.06. The number of hydrogen-bond donors (Lipinski definition) is 1. The Balaban J connectivity index is 2.04. The van der Waals surface area contributed by atoms with Crippen LogP contribution in [0.2, 0.25) is 5.02 Å². The molecule has 1 aliphatic rings. The van der Waals surface area contributed by atoms with E-state index in [2.05, 4.69) is 24.9 Å². The molecule has 1 saturated carbocycles. The van der Waals surface area contributed by atoms with Gasteiger partial charge in [0.1, 0.15) is 0 Å². The quantitative estimate of drug-likeness (QED) is 0.885. The van der Waals surface area contributed by atoms with Gasteiger partial charge in [-0.1, -0.05) is 36.6 Å². The number of benzene rings is 1. The first kappa shape index (κ1) is 14.8. The molecule has 0 aromatic heterocycles. The maximum atomic E-state index is 9.71. The van der Waals surface area contributed by atoms with E-state index >= 15 is 0 Å². The summed E-state index contributed by atoms with van der Waals surface area (Å²) in [5, 5.41) is 10.5. The molecule has 1 atom stereocenters. The maximum absolute atomic E-state index is 9.71. The van der Waals surface area contributed by atoms with Crippen LogP contribution in [0.25, 0.3) is 0 Å². The summed E-state index contributed by atoms with van der Waals surface area (Å²) in [7, 11) is 2.14. The lowest BCUT2D eigenvalue weighted by atomic mass is 9.86. The highest BCUT2D eigenvalue weighted by Crippen LogP contribution is 2.39. The van der Waals surface area contributed by atoms with Crippen molar-refractivity contribution < 1.29 is 5.11 Å². The fraction of sp³-hybridized carbons (Fsp3) is 0.625. The Labute approximate surface area is 121 Å². The van der Waals surface area contributed by atoms with Gasteiger partial charge in [-0.25, -0.2) is 0 Å². The third kappa shape index (κ3) is 3.50. The molecule has 0 heterocycles. The monoisotopic (exact) mass is 281 g/mol. The fourth-order valence-corrected chi connectivity index (χ4v) is 3.38. The molecule has 2 rings (SSSR count). The molecule has 0 saturated heterocycles. The normalized spacial score (nSPS) is 19.8. The molecule has 0 bridgehead atoms. The van der Waals surface area contributed by atoms with Crippen molar-refractivity contribution in [3.8, 4) is 0 Å². The van der Waals surface area contributed by atoms with E-state index in [0.717, 1.165) is 24.4 Å². The molecule has 0 amide bonds. The minimum atomic E-state index is 0.113. The molecule has 1 N–H and O–H groups in total. The van der Waals surface area contributed by atoms with Gasteiger partial charge in [0.15, 0.2) is 0 Å². The van der Waals surface area contributed by atoms with Crippen LogP contribution in [0.5, 0.6) is 0 Å². The van der Waals surface area contributed by atoms with E-state index in [1.807, 2.05) is 18.2 Å². The van der Waals surface area contributed by atoms with Crippen molar-refractivity contribution in [2.45, 2.75) is 38.6 Å².